The van der Waals surface area contributed by atoms with Gasteiger partial charge in [0.05, 0.1) is 5.69 Å². The summed E-state index contributed by atoms with van der Waals surface area (Å²) >= 11 is 1.41. The SMILES string of the molecule is O=C(CCc1csc(NC(=O)NC2CCCCC2)n1)NCCC1=CCCCC1. The van der Waals surface area contributed by atoms with E-state index < -0.39 is 0 Å². The molecule has 0 unspecified atom stereocenters. The highest BCUT2D eigenvalue weighted by Crippen LogP contribution is 2.20. The van der Waals surface area contributed by atoms with Crippen molar-refractivity contribution in [1.82, 2.24) is 15.6 Å². The van der Waals surface area contributed by atoms with E-state index in [0.29, 0.717) is 18.0 Å². The third-order valence-electron chi connectivity index (χ3n) is 5.47. The first-order valence-corrected chi connectivity index (χ1v) is 11.5. The average Bonchev–Trinajstić information content (AvgIpc) is 3.15. The van der Waals surface area contributed by atoms with E-state index in [0.717, 1.165) is 31.5 Å². The molecule has 1 heterocycles. The van der Waals surface area contributed by atoms with Crippen LogP contribution in [0, 0.1) is 0 Å². The van der Waals surface area contributed by atoms with Gasteiger partial charge in [-0.25, -0.2) is 9.78 Å². The van der Waals surface area contributed by atoms with Crippen molar-refractivity contribution in [2.75, 3.05) is 11.9 Å². The highest BCUT2D eigenvalue weighted by Gasteiger charge is 2.16. The second kappa shape index (κ2) is 11.2. The fourth-order valence-electron chi connectivity index (χ4n) is 3.87. The van der Waals surface area contributed by atoms with E-state index in [1.54, 1.807) is 0 Å². The molecule has 1 aromatic rings. The van der Waals surface area contributed by atoms with Gasteiger partial charge in [0.1, 0.15) is 0 Å². The third-order valence-corrected chi connectivity index (χ3v) is 6.28. The van der Waals surface area contributed by atoms with Gasteiger partial charge in [-0.2, -0.15) is 0 Å². The number of amides is 3. The summed E-state index contributed by atoms with van der Waals surface area (Å²) in [5.74, 6) is 0.0639. The Morgan fingerprint density at radius 2 is 1.96 bits per heavy atom. The topological polar surface area (TPSA) is 83.1 Å². The predicted octanol–water partition coefficient (Wildman–Crippen LogP) is 4.54. The second-order valence-electron chi connectivity index (χ2n) is 7.79. The molecule has 7 heteroatoms. The van der Waals surface area contributed by atoms with Gasteiger partial charge in [0, 0.05) is 24.4 Å². The summed E-state index contributed by atoms with van der Waals surface area (Å²) < 4.78 is 0. The zero-order valence-electron chi connectivity index (χ0n) is 16.6. The lowest BCUT2D eigenvalue weighted by Gasteiger charge is -2.22. The molecule has 0 bridgehead atoms. The van der Waals surface area contributed by atoms with Crippen LogP contribution in [0.25, 0.3) is 0 Å². The Bertz CT molecular complexity index is 680. The number of nitrogens with one attached hydrogen (secondary N) is 3. The van der Waals surface area contributed by atoms with Gasteiger partial charge in [-0.05, 0) is 51.4 Å². The van der Waals surface area contributed by atoms with Gasteiger partial charge >= 0.3 is 6.03 Å². The van der Waals surface area contributed by atoms with E-state index in [-0.39, 0.29) is 18.0 Å². The van der Waals surface area contributed by atoms with Crippen LogP contribution < -0.4 is 16.0 Å². The second-order valence-corrected chi connectivity index (χ2v) is 8.64. The van der Waals surface area contributed by atoms with Crippen LogP contribution in [-0.4, -0.2) is 29.5 Å². The normalized spacial score (nSPS) is 17.6. The number of rotatable bonds is 8. The van der Waals surface area contributed by atoms with Gasteiger partial charge in [-0.1, -0.05) is 30.9 Å². The molecule has 1 aromatic heterocycles. The monoisotopic (exact) mass is 404 g/mol. The largest absolute Gasteiger partial charge is 0.356 e. The van der Waals surface area contributed by atoms with E-state index in [1.807, 2.05) is 5.38 Å². The van der Waals surface area contributed by atoms with Crippen LogP contribution in [0.5, 0.6) is 0 Å². The molecule has 154 valence electrons. The van der Waals surface area contributed by atoms with Crippen molar-refractivity contribution in [3.8, 4) is 0 Å². The summed E-state index contributed by atoms with van der Waals surface area (Å²) in [6, 6.07) is 0.101. The highest BCUT2D eigenvalue weighted by atomic mass is 32.1. The molecular formula is C21H32N4O2S. The van der Waals surface area contributed by atoms with Crippen molar-refractivity contribution >= 4 is 28.4 Å². The minimum Gasteiger partial charge on any atom is -0.356 e. The summed E-state index contributed by atoms with van der Waals surface area (Å²) in [5.41, 5.74) is 2.33. The minimum atomic E-state index is -0.178. The lowest BCUT2D eigenvalue weighted by Crippen LogP contribution is -2.39. The van der Waals surface area contributed by atoms with E-state index in [2.05, 4.69) is 27.0 Å². The fraction of sp³-hybridized carbons (Fsp3) is 0.667. The van der Waals surface area contributed by atoms with Crippen molar-refractivity contribution in [2.24, 2.45) is 0 Å². The maximum Gasteiger partial charge on any atom is 0.321 e. The van der Waals surface area contributed by atoms with Crippen LogP contribution >= 0.6 is 11.3 Å². The molecule has 0 spiro atoms. The Hall–Kier alpha value is -1.89. The molecule has 3 rings (SSSR count). The molecule has 0 aromatic carbocycles. The Morgan fingerprint density at radius 1 is 1.11 bits per heavy atom. The quantitative estimate of drug-likeness (QED) is 0.556. The van der Waals surface area contributed by atoms with Crippen LogP contribution in [0.2, 0.25) is 0 Å². The third kappa shape index (κ3) is 7.26. The van der Waals surface area contributed by atoms with Crippen molar-refractivity contribution in [1.29, 1.82) is 0 Å². The molecule has 6 nitrogen and oxygen atoms in total. The van der Waals surface area contributed by atoms with Crippen molar-refractivity contribution in [2.45, 2.75) is 83.1 Å². The lowest BCUT2D eigenvalue weighted by molar-refractivity contribution is -0.121. The Labute approximate surface area is 171 Å². The molecular weight excluding hydrogens is 372 g/mol. The van der Waals surface area contributed by atoms with Crippen LogP contribution in [0.3, 0.4) is 0 Å². The summed E-state index contributed by atoms with van der Waals surface area (Å²) in [6.45, 7) is 0.718. The fourth-order valence-corrected chi connectivity index (χ4v) is 4.61. The van der Waals surface area contributed by atoms with Crippen LogP contribution in [0.4, 0.5) is 9.93 Å². The zero-order chi connectivity index (χ0) is 19.6. The van der Waals surface area contributed by atoms with E-state index in [4.69, 9.17) is 0 Å². The number of carbonyl (C=O) groups is 2. The first-order chi connectivity index (χ1) is 13.7. The van der Waals surface area contributed by atoms with Gasteiger partial charge < -0.3 is 10.6 Å². The van der Waals surface area contributed by atoms with Crippen LogP contribution in [0.1, 0.15) is 76.3 Å². The number of hydrogen-bond donors (Lipinski definition) is 3. The molecule has 0 saturated heterocycles. The molecule has 3 N–H and O–H groups in total. The van der Waals surface area contributed by atoms with Crippen molar-refractivity contribution in [3.05, 3.63) is 22.7 Å². The van der Waals surface area contributed by atoms with Gasteiger partial charge in [0.25, 0.3) is 0 Å². The van der Waals surface area contributed by atoms with Gasteiger partial charge in [0.15, 0.2) is 5.13 Å². The molecule has 0 radical (unpaired) electrons. The van der Waals surface area contributed by atoms with Gasteiger partial charge in [0.2, 0.25) is 5.91 Å². The smallest absolute Gasteiger partial charge is 0.321 e. The Kier molecular flexibility index (Phi) is 8.33. The van der Waals surface area contributed by atoms with Crippen molar-refractivity contribution < 1.29 is 9.59 Å². The number of urea groups is 1. The average molecular weight is 405 g/mol. The number of anilines is 1. The lowest BCUT2D eigenvalue weighted by atomic mass is 9.96. The standard InChI is InChI=1S/C21H32N4O2S/c26-19(22-14-13-16-7-3-1-4-8-16)12-11-18-15-28-21(24-18)25-20(27)23-17-9-5-2-6-10-17/h7,15,17H,1-6,8-14H2,(H,22,26)(H2,23,24,25,27). The molecule has 28 heavy (non-hydrogen) atoms. The first-order valence-electron chi connectivity index (χ1n) is 10.7. The van der Waals surface area contributed by atoms with Gasteiger partial charge in [-0.3, -0.25) is 10.1 Å². The van der Waals surface area contributed by atoms with E-state index >= 15 is 0 Å². The maximum atomic E-state index is 12.1. The Morgan fingerprint density at radius 3 is 2.75 bits per heavy atom. The molecule has 0 aliphatic heterocycles. The molecule has 1 saturated carbocycles. The summed E-state index contributed by atoms with van der Waals surface area (Å²) in [7, 11) is 0. The zero-order valence-corrected chi connectivity index (χ0v) is 17.4. The summed E-state index contributed by atoms with van der Waals surface area (Å²) in [5, 5.41) is 11.3. The molecule has 1 fully saturated rings. The molecule has 2 aliphatic carbocycles. The number of allylic oxidation sites excluding steroid dienone is 1. The van der Waals surface area contributed by atoms with Crippen LogP contribution in [-0.2, 0) is 11.2 Å². The number of nitrogens with zero attached hydrogens (tertiary/aromatic N) is 1. The summed E-state index contributed by atoms with van der Waals surface area (Å²) in [4.78, 5) is 28.5. The van der Waals surface area contributed by atoms with E-state index in [1.165, 1.54) is 61.9 Å². The molecule has 2 aliphatic rings. The number of hydrogen-bond acceptors (Lipinski definition) is 4. The molecule has 3 amide bonds. The Balaban J connectivity index is 1.31. The molecule has 0 atom stereocenters. The first kappa shape index (κ1) is 20.8. The van der Waals surface area contributed by atoms with Crippen molar-refractivity contribution in [3.63, 3.8) is 0 Å². The van der Waals surface area contributed by atoms with E-state index in [9.17, 15) is 9.59 Å². The highest BCUT2D eigenvalue weighted by molar-refractivity contribution is 7.13. The number of thiazole rings is 1. The number of aromatic nitrogens is 1. The number of carbonyl (C=O) groups excluding carboxylic acids is 2. The predicted molar refractivity (Wildman–Crippen MR) is 114 cm³/mol. The van der Waals surface area contributed by atoms with Gasteiger partial charge in [-0.15, -0.1) is 11.3 Å². The minimum absolute atomic E-state index is 0.0639. The summed E-state index contributed by atoms with van der Waals surface area (Å²) in [6.07, 6.45) is 15.0. The maximum absolute atomic E-state index is 12.1. The van der Waals surface area contributed by atoms with Crippen LogP contribution in [0.15, 0.2) is 17.0 Å². The number of aryl methyl sites for hydroxylation is 1.